The monoisotopic (exact) mass is 422 g/mol. The van der Waals surface area contributed by atoms with Gasteiger partial charge in [0, 0.05) is 6.42 Å². The Labute approximate surface area is 187 Å². The summed E-state index contributed by atoms with van der Waals surface area (Å²) >= 11 is 0. The fraction of sp³-hybridized carbons (Fsp3) is 0.536. The van der Waals surface area contributed by atoms with Gasteiger partial charge in [-0.2, -0.15) is 0 Å². The lowest BCUT2D eigenvalue weighted by atomic mass is 9.78. The average molecular weight is 423 g/mol. The average Bonchev–Trinajstić information content (AvgIpc) is 2.79. The molecule has 2 aromatic rings. The molecule has 168 valence electrons. The van der Waals surface area contributed by atoms with Gasteiger partial charge >= 0.3 is 5.97 Å². The summed E-state index contributed by atoms with van der Waals surface area (Å²) in [6.45, 7) is 8.60. The quantitative estimate of drug-likeness (QED) is 0.498. The van der Waals surface area contributed by atoms with E-state index in [1.54, 1.807) is 0 Å². The van der Waals surface area contributed by atoms with Crippen LogP contribution in [0.2, 0.25) is 0 Å². The smallest absolute Gasteiger partial charge is 0.308 e. The highest BCUT2D eigenvalue weighted by Gasteiger charge is 2.20. The zero-order valence-electron chi connectivity index (χ0n) is 19.6. The van der Waals surface area contributed by atoms with Crippen molar-refractivity contribution >= 4 is 5.97 Å². The van der Waals surface area contributed by atoms with Gasteiger partial charge in [0.2, 0.25) is 0 Å². The zero-order valence-corrected chi connectivity index (χ0v) is 19.6. The van der Waals surface area contributed by atoms with Crippen molar-refractivity contribution in [2.45, 2.75) is 78.7 Å². The second kappa shape index (κ2) is 10.9. The van der Waals surface area contributed by atoms with Crippen LogP contribution in [0.15, 0.2) is 36.4 Å². The molecule has 0 atom stereocenters. The summed E-state index contributed by atoms with van der Waals surface area (Å²) in [6.07, 6.45) is 6.88. The molecule has 1 aliphatic rings. The molecular weight excluding hydrogens is 384 g/mol. The Hall–Kier alpha value is -2.13. The highest BCUT2D eigenvalue weighted by Crippen LogP contribution is 2.37. The number of aryl methyl sites for hydroxylation is 1. The van der Waals surface area contributed by atoms with Crippen molar-refractivity contribution in [1.29, 1.82) is 0 Å². The van der Waals surface area contributed by atoms with Gasteiger partial charge in [0.25, 0.3) is 0 Å². The maximum absolute atomic E-state index is 11.8. The van der Waals surface area contributed by atoms with Gasteiger partial charge in [-0.05, 0) is 64.5 Å². The van der Waals surface area contributed by atoms with Crippen LogP contribution in [0.3, 0.4) is 0 Å². The van der Waals surface area contributed by atoms with Gasteiger partial charge in [-0.25, -0.2) is 0 Å². The molecule has 3 heteroatoms. The Balaban J connectivity index is 1.81. The minimum atomic E-state index is -0.178. The molecule has 1 fully saturated rings. The summed E-state index contributed by atoms with van der Waals surface area (Å²) in [5.41, 5.74) is 7.24. The van der Waals surface area contributed by atoms with Gasteiger partial charge < -0.3 is 9.84 Å². The summed E-state index contributed by atoms with van der Waals surface area (Å²) in [4.78, 5) is 11.8. The Morgan fingerprint density at radius 1 is 1.03 bits per heavy atom. The maximum Gasteiger partial charge on any atom is 0.308 e. The number of ether oxygens (including phenoxy) is 1. The van der Waals surface area contributed by atoms with E-state index < -0.39 is 0 Å². The molecule has 0 bridgehead atoms. The van der Waals surface area contributed by atoms with E-state index in [1.165, 1.54) is 47.9 Å². The van der Waals surface area contributed by atoms with Crippen molar-refractivity contribution in [2.24, 2.45) is 11.8 Å². The van der Waals surface area contributed by atoms with Crippen LogP contribution >= 0.6 is 0 Å². The van der Waals surface area contributed by atoms with E-state index in [1.807, 2.05) is 19.9 Å². The summed E-state index contributed by atoms with van der Waals surface area (Å²) in [7, 11) is 0. The molecule has 1 N–H and O–H groups in total. The maximum atomic E-state index is 11.8. The van der Waals surface area contributed by atoms with E-state index in [4.69, 9.17) is 4.74 Å². The lowest BCUT2D eigenvalue weighted by molar-refractivity contribution is -0.147. The van der Waals surface area contributed by atoms with Crippen LogP contribution in [0.1, 0.15) is 81.5 Å². The van der Waals surface area contributed by atoms with Gasteiger partial charge in [0.1, 0.15) is 0 Å². The van der Waals surface area contributed by atoms with Crippen LogP contribution in [0.25, 0.3) is 11.1 Å². The highest BCUT2D eigenvalue weighted by molar-refractivity contribution is 5.71. The van der Waals surface area contributed by atoms with Gasteiger partial charge in [-0.3, -0.25) is 4.79 Å². The first-order valence-corrected chi connectivity index (χ1v) is 11.9. The fourth-order valence-electron chi connectivity index (χ4n) is 4.64. The molecule has 0 aromatic heterocycles. The molecule has 0 amide bonds. The largest absolute Gasteiger partial charge is 0.465 e. The second-order valence-electron chi connectivity index (χ2n) is 9.44. The molecule has 0 saturated heterocycles. The molecule has 31 heavy (non-hydrogen) atoms. The Bertz CT molecular complexity index is 876. The normalized spacial score (nSPS) is 18.9. The number of aliphatic hydroxyl groups excluding tert-OH is 1. The van der Waals surface area contributed by atoms with Crippen molar-refractivity contribution in [1.82, 2.24) is 0 Å². The van der Waals surface area contributed by atoms with E-state index >= 15 is 0 Å². The first kappa shape index (κ1) is 23.5. The molecule has 0 radical (unpaired) electrons. The molecular formula is C28H38O3. The third-order valence-corrected chi connectivity index (χ3v) is 6.77. The van der Waals surface area contributed by atoms with Gasteiger partial charge in [-0.15, -0.1) is 0 Å². The molecule has 3 rings (SSSR count). The molecule has 1 aliphatic carbocycles. The van der Waals surface area contributed by atoms with Gasteiger partial charge in [0.15, 0.2) is 0 Å². The minimum absolute atomic E-state index is 0.00653. The first-order valence-electron chi connectivity index (χ1n) is 11.9. The van der Waals surface area contributed by atoms with E-state index in [0.29, 0.717) is 18.9 Å². The number of carbonyl (C=O) groups excluding carboxylic acids is 1. The lowest BCUT2D eigenvalue weighted by Crippen LogP contribution is -2.14. The summed E-state index contributed by atoms with van der Waals surface area (Å²) < 4.78 is 5.37. The van der Waals surface area contributed by atoms with Crippen molar-refractivity contribution < 1.29 is 14.6 Å². The minimum Gasteiger partial charge on any atom is -0.465 e. The molecule has 0 heterocycles. The molecule has 0 aliphatic heterocycles. The standard InChI is InChI=1S/C28H38O3/c1-5-21-16-23(22-8-6-20(4)7-9-22)12-13-27(21)25-10-11-26(18-29)24(17-25)14-15-31-28(30)19(2)3/h10-13,16-17,19-20,22,29H,5-9,14-15,18H2,1-4H3. The Morgan fingerprint density at radius 2 is 1.77 bits per heavy atom. The van der Waals surface area contributed by atoms with E-state index in [0.717, 1.165) is 23.5 Å². The number of esters is 1. The topological polar surface area (TPSA) is 46.5 Å². The third kappa shape index (κ3) is 5.98. The van der Waals surface area contributed by atoms with E-state index in [-0.39, 0.29) is 18.5 Å². The number of hydrogen-bond acceptors (Lipinski definition) is 3. The molecule has 0 unspecified atom stereocenters. The molecule has 1 saturated carbocycles. The number of rotatable bonds is 8. The Kier molecular flexibility index (Phi) is 8.31. The number of carbonyl (C=O) groups is 1. The fourth-order valence-corrected chi connectivity index (χ4v) is 4.64. The summed E-state index contributed by atoms with van der Waals surface area (Å²) in [5, 5.41) is 9.77. The number of aliphatic hydroxyl groups is 1. The lowest BCUT2D eigenvalue weighted by Gasteiger charge is -2.27. The molecule has 2 aromatic carbocycles. The van der Waals surface area contributed by atoms with Crippen LogP contribution < -0.4 is 0 Å². The van der Waals surface area contributed by atoms with Crippen molar-refractivity contribution in [3.63, 3.8) is 0 Å². The number of benzene rings is 2. The molecule has 3 nitrogen and oxygen atoms in total. The zero-order chi connectivity index (χ0) is 22.4. The van der Waals surface area contributed by atoms with Crippen LogP contribution in [0.5, 0.6) is 0 Å². The first-order chi connectivity index (χ1) is 14.9. The van der Waals surface area contributed by atoms with E-state index in [9.17, 15) is 9.90 Å². The second-order valence-corrected chi connectivity index (χ2v) is 9.44. The predicted molar refractivity (Wildman–Crippen MR) is 127 cm³/mol. The van der Waals surface area contributed by atoms with Crippen LogP contribution in [-0.4, -0.2) is 17.7 Å². The van der Waals surface area contributed by atoms with Crippen LogP contribution in [-0.2, 0) is 29.0 Å². The van der Waals surface area contributed by atoms with Crippen molar-refractivity contribution in [3.8, 4) is 11.1 Å². The Morgan fingerprint density at radius 3 is 2.42 bits per heavy atom. The summed E-state index contributed by atoms with van der Waals surface area (Å²) in [6, 6.07) is 13.3. The van der Waals surface area contributed by atoms with Crippen LogP contribution in [0, 0.1) is 11.8 Å². The van der Waals surface area contributed by atoms with E-state index in [2.05, 4.69) is 44.2 Å². The number of hydrogen-bond donors (Lipinski definition) is 1. The van der Waals surface area contributed by atoms with Crippen molar-refractivity contribution in [2.75, 3.05) is 6.61 Å². The predicted octanol–water partition coefficient (Wildman–Crippen LogP) is 6.44. The SMILES string of the molecule is CCc1cc(C2CCC(C)CC2)ccc1-c1ccc(CO)c(CCOC(=O)C(C)C)c1. The highest BCUT2D eigenvalue weighted by atomic mass is 16.5. The molecule has 0 spiro atoms. The van der Waals surface area contributed by atoms with Crippen LogP contribution in [0.4, 0.5) is 0 Å². The van der Waals surface area contributed by atoms with Gasteiger partial charge in [-0.1, -0.05) is 76.9 Å². The van der Waals surface area contributed by atoms with Gasteiger partial charge in [0.05, 0.1) is 19.1 Å². The summed E-state index contributed by atoms with van der Waals surface area (Å²) in [5.74, 6) is 1.26. The van der Waals surface area contributed by atoms with Crippen molar-refractivity contribution in [3.05, 3.63) is 58.7 Å². The third-order valence-electron chi connectivity index (χ3n) is 6.77.